The van der Waals surface area contributed by atoms with Gasteiger partial charge in [0.2, 0.25) is 5.91 Å². The number of carboxylic acid groups (broad SMARTS) is 1. The van der Waals surface area contributed by atoms with E-state index >= 15 is 0 Å². The average Bonchev–Trinajstić information content (AvgIpc) is 3.46. The molecule has 3 saturated heterocycles. The van der Waals surface area contributed by atoms with Crippen molar-refractivity contribution in [1.29, 1.82) is 0 Å². The second kappa shape index (κ2) is 12.3. The van der Waals surface area contributed by atoms with Gasteiger partial charge in [-0.2, -0.15) is 8.42 Å². The molecule has 0 aromatic rings. The van der Waals surface area contributed by atoms with Crippen molar-refractivity contribution in [2.75, 3.05) is 12.3 Å². The highest BCUT2D eigenvalue weighted by atomic mass is 32.2. The average molecular weight is 579 g/mol. The fraction of sp³-hybridized carbons (Fsp3) is 0.714. The third-order valence-electron chi connectivity index (χ3n) is 6.56. The van der Waals surface area contributed by atoms with Crippen LogP contribution in [0.25, 0.3) is 0 Å². The van der Waals surface area contributed by atoms with Crippen LogP contribution in [0.5, 0.6) is 0 Å². The number of unbranched alkanes of at least 4 members (excludes halogenated alkanes) is 3. The summed E-state index contributed by atoms with van der Waals surface area (Å²) in [6.07, 6.45) is 1.58. The van der Waals surface area contributed by atoms with Crippen LogP contribution in [-0.2, 0) is 38.9 Å². The lowest BCUT2D eigenvalue weighted by molar-refractivity contribution is -0.197. The van der Waals surface area contributed by atoms with E-state index in [9.17, 15) is 37.2 Å². The molecule has 3 heterocycles. The number of fused-ring (bicyclic) bond motifs is 1. The van der Waals surface area contributed by atoms with Crippen LogP contribution in [0.3, 0.4) is 0 Å². The first-order chi connectivity index (χ1) is 17.8. The number of aliphatic carboxylic acids is 1. The standard InChI is InChI=1S/C21H30N4O11S2/c26-14-10-13(38(33,34)35)18(30)25(14)36-16(29)7-2-1-5-9-22-19(31)21(8-4-3-6-15(27)28)17-12(11-37-21)23-20(32)24-17/h12-13,17H,1-11H2,(H,22,31)(H,27,28)(H2,23,24,32)(H,33,34,35)/t12-,13?,17-,21-/m0/s1. The lowest BCUT2D eigenvalue weighted by Crippen LogP contribution is -2.56. The summed E-state index contributed by atoms with van der Waals surface area (Å²) in [7, 11) is -4.80. The van der Waals surface area contributed by atoms with E-state index in [-0.39, 0.29) is 42.4 Å². The van der Waals surface area contributed by atoms with Crippen molar-refractivity contribution >= 4 is 57.6 Å². The van der Waals surface area contributed by atoms with Gasteiger partial charge in [-0.15, -0.1) is 16.8 Å². The fourth-order valence-electron chi connectivity index (χ4n) is 4.64. The Morgan fingerprint density at radius 1 is 1.08 bits per heavy atom. The molecule has 3 aliphatic rings. The highest BCUT2D eigenvalue weighted by Crippen LogP contribution is 2.44. The molecule has 0 spiro atoms. The third-order valence-corrected chi connectivity index (χ3v) is 9.33. The Balaban J connectivity index is 1.41. The smallest absolute Gasteiger partial charge is 0.333 e. The highest BCUT2D eigenvalue weighted by molar-refractivity contribution is 8.01. The van der Waals surface area contributed by atoms with E-state index in [1.54, 1.807) is 0 Å². The predicted molar refractivity (Wildman–Crippen MR) is 130 cm³/mol. The lowest BCUT2D eigenvalue weighted by atomic mass is 9.88. The van der Waals surface area contributed by atoms with Crippen LogP contribution >= 0.6 is 11.8 Å². The zero-order valence-electron chi connectivity index (χ0n) is 20.3. The van der Waals surface area contributed by atoms with E-state index in [2.05, 4.69) is 20.8 Å². The SMILES string of the molecule is O=C(O)CCCC[C@]1(C(=O)NCCCCCC(=O)ON2C(=O)CC(S(=O)(=O)O)C2=O)SC[C@@H]2NC(=O)N[C@@H]21. The normalized spacial score (nSPS) is 26.6. The van der Waals surface area contributed by atoms with Crippen molar-refractivity contribution in [2.24, 2.45) is 0 Å². The van der Waals surface area contributed by atoms with Crippen LogP contribution in [-0.4, -0.2) is 93.2 Å². The zero-order valence-corrected chi connectivity index (χ0v) is 22.0. The number of nitrogens with zero attached hydrogens (tertiary/aromatic N) is 1. The first-order valence-electron chi connectivity index (χ1n) is 12.1. The lowest BCUT2D eigenvalue weighted by Gasteiger charge is -2.32. The zero-order chi connectivity index (χ0) is 28.1. The van der Waals surface area contributed by atoms with Crippen molar-refractivity contribution in [1.82, 2.24) is 21.0 Å². The summed E-state index contributed by atoms with van der Waals surface area (Å²) < 4.78 is 30.4. The Bertz CT molecular complexity index is 1100. The van der Waals surface area contributed by atoms with Crippen LogP contribution in [0.1, 0.15) is 57.8 Å². The van der Waals surface area contributed by atoms with Crippen molar-refractivity contribution in [3.05, 3.63) is 0 Å². The number of rotatable bonds is 14. The Morgan fingerprint density at radius 2 is 1.79 bits per heavy atom. The molecule has 3 rings (SSSR count). The minimum absolute atomic E-state index is 0.00922. The number of hydroxylamine groups is 2. The second-order valence-corrected chi connectivity index (χ2v) is 12.2. The molecule has 5 N–H and O–H groups in total. The summed E-state index contributed by atoms with van der Waals surface area (Å²) in [5.41, 5.74) is 0. The van der Waals surface area contributed by atoms with Crippen molar-refractivity contribution in [2.45, 2.75) is 79.9 Å². The van der Waals surface area contributed by atoms with Crippen molar-refractivity contribution in [3.63, 3.8) is 0 Å². The van der Waals surface area contributed by atoms with E-state index in [0.717, 1.165) is 0 Å². The molecule has 0 aliphatic carbocycles. The number of carbonyl (C=O) groups excluding carboxylic acids is 5. The summed E-state index contributed by atoms with van der Waals surface area (Å²) >= 11 is 1.43. The molecule has 0 aromatic carbocycles. The molecule has 0 bridgehead atoms. The molecule has 15 nitrogen and oxygen atoms in total. The number of carboxylic acids is 1. The minimum Gasteiger partial charge on any atom is -0.481 e. The van der Waals surface area contributed by atoms with E-state index in [1.807, 2.05) is 0 Å². The van der Waals surface area contributed by atoms with Crippen LogP contribution in [0.4, 0.5) is 4.79 Å². The Hall–Kier alpha value is -2.92. The monoisotopic (exact) mass is 578 g/mol. The van der Waals surface area contributed by atoms with Crippen LogP contribution < -0.4 is 16.0 Å². The molecule has 0 aromatic heterocycles. The number of thioether (sulfide) groups is 1. The van der Waals surface area contributed by atoms with E-state index in [1.165, 1.54) is 11.8 Å². The number of hydrogen-bond donors (Lipinski definition) is 5. The summed E-state index contributed by atoms with van der Waals surface area (Å²) in [5.74, 6) is -3.93. The van der Waals surface area contributed by atoms with Gasteiger partial charge in [0, 0.05) is 25.1 Å². The molecule has 0 radical (unpaired) electrons. The van der Waals surface area contributed by atoms with Gasteiger partial charge in [0.25, 0.3) is 21.9 Å². The molecular formula is C21H30N4O11S2. The fourth-order valence-corrected chi connectivity index (χ4v) is 6.99. The Labute approximate surface area is 222 Å². The van der Waals surface area contributed by atoms with Crippen LogP contribution in [0.15, 0.2) is 0 Å². The molecule has 5 amide bonds. The van der Waals surface area contributed by atoms with Gasteiger partial charge in [-0.25, -0.2) is 9.59 Å². The van der Waals surface area contributed by atoms with E-state index in [4.69, 9.17) is 9.66 Å². The minimum atomic E-state index is -4.80. The first-order valence-corrected chi connectivity index (χ1v) is 14.6. The number of imide groups is 1. The molecule has 3 fully saturated rings. The summed E-state index contributed by atoms with van der Waals surface area (Å²) in [6, 6.07) is -0.970. The van der Waals surface area contributed by atoms with Gasteiger partial charge in [0.15, 0.2) is 5.25 Å². The molecule has 17 heteroatoms. The number of nitrogens with one attached hydrogen (secondary N) is 3. The van der Waals surface area contributed by atoms with Crippen LogP contribution in [0.2, 0.25) is 0 Å². The molecule has 38 heavy (non-hydrogen) atoms. The Kier molecular flexibility index (Phi) is 9.59. The molecule has 4 atom stereocenters. The number of urea groups is 1. The molecule has 0 saturated carbocycles. The van der Waals surface area contributed by atoms with Crippen molar-refractivity contribution < 1.29 is 51.7 Å². The van der Waals surface area contributed by atoms with Gasteiger partial charge in [0.05, 0.1) is 18.5 Å². The largest absolute Gasteiger partial charge is 0.481 e. The molecule has 1 unspecified atom stereocenters. The number of carbonyl (C=O) groups is 6. The molecule has 3 aliphatic heterocycles. The summed E-state index contributed by atoms with van der Waals surface area (Å²) in [6.45, 7) is 0.281. The van der Waals surface area contributed by atoms with Crippen molar-refractivity contribution in [3.8, 4) is 0 Å². The van der Waals surface area contributed by atoms with E-state index in [0.29, 0.717) is 44.3 Å². The van der Waals surface area contributed by atoms with Gasteiger partial charge < -0.3 is 25.9 Å². The molecular weight excluding hydrogens is 548 g/mol. The molecule has 212 valence electrons. The number of hydrogen-bond acceptors (Lipinski definition) is 10. The van der Waals surface area contributed by atoms with Gasteiger partial charge in [0.1, 0.15) is 4.75 Å². The number of amides is 5. The summed E-state index contributed by atoms with van der Waals surface area (Å²) in [4.78, 5) is 76.1. The maximum atomic E-state index is 13.2. The van der Waals surface area contributed by atoms with Gasteiger partial charge in [-0.1, -0.05) is 12.8 Å². The van der Waals surface area contributed by atoms with Gasteiger partial charge >= 0.3 is 18.0 Å². The third kappa shape index (κ3) is 6.93. The topological polar surface area (TPSA) is 226 Å². The van der Waals surface area contributed by atoms with Gasteiger partial charge in [-0.3, -0.25) is 23.7 Å². The Morgan fingerprint density at radius 3 is 2.45 bits per heavy atom. The predicted octanol–water partition coefficient (Wildman–Crippen LogP) is -0.683. The summed E-state index contributed by atoms with van der Waals surface area (Å²) in [5, 5.41) is 15.4. The van der Waals surface area contributed by atoms with E-state index < -0.39 is 56.3 Å². The first kappa shape index (κ1) is 29.6. The maximum absolute atomic E-state index is 13.2. The van der Waals surface area contributed by atoms with Gasteiger partial charge in [-0.05, 0) is 25.7 Å². The highest BCUT2D eigenvalue weighted by Gasteiger charge is 2.57. The maximum Gasteiger partial charge on any atom is 0.333 e. The van der Waals surface area contributed by atoms with Crippen LogP contribution in [0, 0.1) is 0 Å². The quantitative estimate of drug-likeness (QED) is 0.0748. The second-order valence-electron chi connectivity index (χ2n) is 9.27.